The zero-order valence-corrected chi connectivity index (χ0v) is 19.0. The molecule has 0 saturated heterocycles. The van der Waals surface area contributed by atoms with Crippen molar-refractivity contribution in [3.8, 4) is 17.1 Å². The fourth-order valence-electron chi connectivity index (χ4n) is 4.85. The van der Waals surface area contributed by atoms with E-state index in [1.807, 2.05) is 19.1 Å². The Balaban J connectivity index is 1.59. The van der Waals surface area contributed by atoms with Crippen LogP contribution in [0.1, 0.15) is 61.1 Å². The summed E-state index contributed by atoms with van der Waals surface area (Å²) < 4.78 is 31.7. The number of pyridine rings is 1. The molecule has 1 aliphatic heterocycles. The highest BCUT2D eigenvalue weighted by Gasteiger charge is 2.38. The average molecular weight is 463 g/mol. The standard InChI is InChI=1S/C24H23F2N7O/c1-12-24(34)31(3)10-19-20(29-22(33(12)19)14-7-8-14)15-5-4-6-18-16(15)9-17(21(25)26)23(28-18)32-11-27-13(2)30-32/h4-6,9,11-12,14,21H,7-8,10H2,1-3H3/t12-/m0/s1. The summed E-state index contributed by atoms with van der Waals surface area (Å²) in [6.45, 7) is 4.00. The lowest BCUT2D eigenvalue weighted by Gasteiger charge is -2.31. The zero-order valence-electron chi connectivity index (χ0n) is 19.0. The van der Waals surface area contributed by atoms with Gasteiger partial charge in [-0.05, 0) is 38.8 Å². The van der Waals surface area contributed by atoms with Crippen molar-refractivity contribution in [2.24, 2.45) is 0 Å². The van der Waals surface area contributed by atoms with Gasteiger partial charge in [0, 0.05) is 23.9 Å². The number of amides is 1. The smallest absolute Gasteiger partial charge is 0.267 e. The van der Waals surface area contributed by atoms with Gasteiger partial charge in [0.1, 0.15) is 24.0 Å². The van der Waals surface area contributed by atoms with Gasteiger partial charge in [0.05, 0.1) is 29.0 Å². The highest BCUT2D eigenvalue weighted by molar-refractivity contribution is 5.96. The van der Waals surface area contributed by atoms with Gasteiger partial charge in [0.15, 0.2) is 5.82 Å². The van der Waals surface area contributed by atoms with Crippen molar-refractivity contribution in [1.29, 1.82) is 0 Å². The van der Waals surface area contributed by atoms with Gasteiger partial charge in [0.2, 0.25) is 5.91 Å². The first-order chi connectivity index (χ1) is 16.3. The van der Waals surface area contributed by atoms with Crippen LogP contribution in [0.5, 0.6) is 0 Å². The lowest BCUT2D eigenvalue weighted by atomic mass is 10.0. The number of aryl methyl sites for hydroxylation is 1. The van der Waals surface area contributed by atoms with E-state index in [1.54, 1.807) is 24.9 Å². The molecule has 0 spiro atoms. The second-order valence-electron chi connectivity index (χ2n) is 9.09. The van der Waals surface area contributed by atoms with Crippen LogP contribution in [-0.4, -0.2) is 47.2 Å². The number of halogens is 2. The van der Waals surface area contributed by atoms with Crippen molar-refractivity contribution in [1.82, 2.24) is 34.2 Å². The second-order valence-corrected chi connectivity index (χ2v) is 9.09. The molecule has 1 atom stereocenters. The second kappa shape index (κ2) is 7.41. The first-order valence-corrected chi connectivity index (χ1v) is 11.3. The van der Waals surface area contributed by atoms with Gasteiger partial charge < -0.3 is 9.47 Å². The molecule has 1 aromatic carbocycles. The largest absolute Gasteiger partial charge is 0.338 e. The molecule has 1 saturated carbocycles. The Morgan fingerprint density at radius 3 is 2.65 bits per heavy atom. The Kier molecular flexibility index (Phi) is 4.55. The molecule has 10 heteroatoms. The van der Waals surface area contributed by atoms with Crippen molar-refractivity contribution in [3.63, 3.8) is 0 Å². The third-order valence-electron chi connectivity index (χ3n) is 6.67. The molecule has 174 valence electrons. The number of alkyl halides is 2. The number of rotatable bonds is 4. The Labute approximate surface area is 194 Å². The van der Waals surface area contributed by atoms with Crippen LogP contribution >= 0.6 is 0 Å². The molecule has 34 heavy (non-hydrogen) atoms. The van der Waals surface area contributed by atoms with Crippen LogP contribution in [0.25, 0.3) is 28.0 Å². The molecule has 3 aromatic heterocycles. The van der Waals surface area contributed by atoms with Crippen molar-refractivity contribution >= 4 is 16.8 Å². The molecule has 1 aliphatic carbocycles. The number of carbonyl (C=O) groups is 1. The van der Waals surface area contributed by atoms with Crippen molar-refractivity contribution in [2.75, 3.05) is 7.05 Å². The molecule has 4 heterocycles. The lowest BCUT2D eigenvalue weighted by Crippen LogP contribution is -2.39. The van der Waals surface area contributed by atoms with Crippen molar-refractivity contribution in [2.45, 2.75) is 51.6 Å². The molecular weight excluding hydrogens is 440 g/mol. The van der Waals surface area contributed by atoms with Crippen LogP contribution in [0.4, 0.5) is 8.78 Å². The minimum absolute atomic E-state index is 0.0469. The molecule has 0 N–H and O–H groups in total. The van der Waals surface area contributed by atoms with Gasteiger partial charge in [0.25, 0.3) is 6.43 Å². The molecule has 2 aliphatic rings. The van der Waals surface area contributed by atoms with E-state index in [9.17, 15) is 13.6 Å². The predicted molar refractivity (Wildman–Crippen MR) is 121 cm³/mol. The van der Waals surface area contributed by atoms with Crippen LogP contribution in [0, 0.1) is 6.92 Å². The highest BCUT2D eigenvalue weighted by atomic mass is 19.3. The van der Waals surface area contributed by atoms with Gasteiger partial charge in [-0.2, -0.15) is 5.10 Å². The monoisotopic (exact) mass is 463 g/mol. The molecule has 1 fully saturated rings. The van der Waals surface area contributed by atoms with E-state index in [1.165, 1.54) is 17.1 Å². The summed E-state index contributed by atoms with van der Waals surface area (Å²) in [6.07, 6.45) is 0.729. The van der Waals surface area contributed by atoms with Crippen molar-refractivity contribution in [3.05, 3.63) is 53.5 Å². The van der Waals surface area contributed by atoms with E-state index in [0.717, 1.165) is 35.6 Å². The summed E-state index contributed by atoms with van der Waals surface area (Å²) in [5.74, 6) is 1.82. The van der Waals surface area contributed by atoms with E-state index >= 15 is 0 Å². The van der Waals surface area contributed by atoms with Gasteiger partial charge in [-0.1, -0.05) is 12.1 Å². The SMILES string of the molecule is Cc1ncn(-c2nc3cccc(-c4nc(C5CC5)n5c4CN(C)C(=O)[C@@H]5C)c3cc2C(F)F)n1. The normalized spacial score (nSPS) is 18.2. The van der Waals surface area contributed by atoms with Crippen LogP contribution in [-0.2, 0) is 11.3 Å². The van der Waals surface area contributed by atoms with Crippen LogP contribution in [0.15, 0.2) is 30.6 Å². The fraction of sp³-hybridized carbons (Fsp3) is 0.375. The minimum Gasteiger partial charge on any atom is -0.338 e. The summed E-state index contributed by atoms with van der Waals surface area (Å²) in [5, 5.41) is 4.77. The molecule has 0 unspecified atom stereocenters. The first kappa shape index (κ1) is 20.9. The first-order valence-electron chi connectivity index (χ1n) is 11.3. The third-order valence-corrected chi connectivity index (χ3v) is 6.67. The van der Waals surface area contributed by atoms with E-state index in [0.29, 0.717) is 29.2 Å². The van der Waals surface area contributed by atoms with Gasteiger partial charge in [-0.25, -0.2) is 28.4 Å². The average Bonchev–Trinajstić information content (AvgIpc) is 3.46. The van der Waals surface area contributed by atoms with E-state index < -0.39 is 6.43 Å². The molecule has 0 radical (unpaired) electrons. The maximum Gasteiger partial charge on any atom is 0.267 e. The molecule has 4 aromatic rings. The quantitative estimate of drug-likeness (QED) is 0.450. The summed E-state index contributed by atoms with van der Waals surface area (Å²) in [7, 11) is 1.78. The minimum atomic E-state index is -2.74. The topological polar surface area (TPSA) is 81.7 Å². The van der Waals surface area contributed by atoms with Gasteiger partial charge in [-0.15, -0.1) is 0 Å². The summed E-state index contributed by atoms with van der Waals surface area (Å²) in [5.41, 5.74) is 2.73. The molecule has 8 nitrogen and oxygen atoms in total. The Morgan fingerprint density at radius 2 is 1.97 bits per heavy atom. The maximum atomic E-state index is 14.2. The summed E-state index contributed by atoms with van der Waals surface area (Å²) in [6, 6.07) is 6.67. The Bertz CT molecular complexity index is 1450. The predicted octanol–water partition coefficient (Wildman–Crippen LogP) is 4.34. The van der Waals surface area contributed by atoms with Gasteiger partial charge in [-0.3, -0.25) is 4.79 Å². The van der Waals surface area contributed by atoms with Gasteiger partial charge >= 0.3 is 0 Å². The molecule has 0 bridgehead atoms. The van der Waals surface area contributed by atoms with Crippen LogP contribution < -0.4 is 0 Å². The number of benzene rings is 1. The highest BCUT2D eigenvalue weighted by Crippen LogP contribution is 2.45. The van der Waals surface area contributed by atoms with Crippen molar-refractivity contribution < 1.29 is 13.6 Å². The third kappa shape index (κ3) is 3.12. The van der Waals surface area contributed by atoms with E-state index in [2.05, 4.69) is 19.6 Å². The fourth-order valence-corrected chi connectivity index (χ4v) is 4.85. The Hall–Kier alpha value is -3.69. The number of fused-ring (bicyclic) bond motifs is 2. The molecule has 6 rings (SSSR count). The number of imidazole rings is 1. The number of hydrogen-bond donors (Lipinski definition) is 0. The number of aromatic nitrogens is 6. The summed E-state index contributed by atoms with van der Waals surface area (Å²) in [4.78, 5) is 28.0. The number of carbonyl (C=O) groups excluding carboxylic acids is 1. The van der Waals surface area contributed by atoms with Crippen LogP contribution in [0.2, 0.25) is 0 Å². The van der Waals surface area contributed by atoms with Crippen LogP contribution in [0.3, 0.4) is 0 Å². The number of likely N-dealkylation sites (N-methyl/N-ethyl adjacent to an activating group) is 1. The summed E-state index contributed by atoms with van der Waals surface area (Å²) >= 11 is 0. The molecular formula is C24H23F2N7O. The lowest BCUT2D eigenvalue weighted by molar-refractivity contribution is -0.135. The Morgan fingerprint density at radius 1 is 1.18 bits per heavy atom. The maximum absolute atomic E-state index is 14.2. The van der Waals surface area contributed by atoms with E-state index in [4.69, 9.17) is 4.98 Å². The zero-order chi connectivity index (χ0) is 23.7. The molecule has 1 amide bonds. The number of hydrogen-bond acceptors (Lipinski definition) is 5. The van der Waals surface area contributed by atoms with E-state index in [-0.39, 0.29) is 23.3 Å². The number of nitrogens with zero attached hydrogens (tertiary/aromatic N) is 7.